The van der Waals surface area contributed by atoms with Crippen molar-refractivity contribution in [2.45, 2.75) is 36.4 Å². The fourth-order valence-electron chi connectivity index (χ4n) is 3.22. The maximum Gasteiger partial charge on any atom is 0.425 e. The maximum atomic E-state index is 13.2. The van der Waals surface area contributed by atoms with Crippen molar-refractivity contribution in [2.75, 3.05) is 26.5 Å². The first-order chi connectivity index (χ1) is 16.5. The Hall–Kier alpha value is -3.23. The van der Waals surface area contributed by atoms with E-state index in [1.165, 1.54) is 0 Å². The first kappa shape index (κ1) is 27.4. The molecule has 0 N–H and O–H groups in total. The van der Waals surface area contributed by atoms with Crippen molar-refractivity contribution in [3.63, 3.8) is 0 Å². The van der Waals surface area contributed by atoms with E-state index in [1.54, 1.807) is 0 Å². The number of halogens is 6. The van der Waals surface area contributed by atoms with Crippen LogP contribution in [0.4, 0.5) is 26.3 Å². The molecule has 1 fully saturated rings. The average molecular weight is 542 g/mol. The van der Waals surface area contributed by atoms with E-state index in [2.05, 4.69) is 4.98 Å². The Morgan fingerprint density at radius 2 is 1.75 bits per heavy atom. The molecule has 1 unspecified atom stereocenters. The number of rotatable bonds is 7. The summed E-state index contributed by atoms with van der Waals surface area (Å²) in [5, 5.41) is 0. The minimum absolute atomic E-state index is 0.109. The quantitative estimate of drug-likeness (QED) is 0.492. The number of ether oxygens (including phenoxy) is 3. The number of likely N-dealkylation sites (tertiary alicyclic amines) is 1. The van der Waals surface area contributed by atoms with Gasteiger partial charge in [-0.25, -0.2) is 13.4 Å². The van der Waals surface area contributed by atoms with Gasteiger partial charge < -0.3 is 19.1 Å². The van der Waals surface area contributed by atoms with Crippen molar-refractivity contribution in [3.8, 4) is 17.4 Å². The largest absolute Gasteiger partial charge is 0.494 e. The molecular formula is C21H20F6N2O6S. The molecule has 36 heavy (non-hydrogen) atoms. The SMILES string of the molecule is COc1c(S(C)(=O)=O)ccc(OC(C)C(F)(F)F)c1C(=O)N1CC(Oc2ccc(C(F)(F)F)cn2)C1. The van der Waals surface area contributed by atoms with Crippen LogP contribution < -0.4 is 14.2 Å². The van der Waals surface area contributed by atoms with Crippen LogP contribution in [0.3, 0.4) is 0 Å². The summed E-state index contributed by atoms with van der Waals surface area (Å²) >= 11 is 0. The van der Waals surface area contributed by atoms with Gasteiger partial charge in [-0.2, -0.15) is 26.3 Å². The molecule has 0 bridgehead atoms. The van der Waals surface area contributed by atoms with Crippen LogP contribution in [0.1, 0.15) is 22.8 Å². The number of pyridine rings is 1. The molecule has 0 saturated carbocycles. The average Bonchev–Trinajstić information content (AvgIpc) is 2.73. The third-order valence-corrected chi connectivity index (χ3v) is 6.27. The Morgan fingerprint density at radius 3 is 2.22 bits per heavy atom. The number of alkyl halides is 6. The van der Waals surface area contributed by atoms with E-state index < -0.39 is 67.8 Å². The van der Waals surface area contributed by atoms with Crippen LogP contribution in [-0.4, -0.2) is 69.0 Å². The normalized spacial score (nSPS) is 15.8. The van der Waals surface area contributed by atoms with Gasteiger partial charge in [-0.05, 0) is 25.1 Å². The monoisotopic (exact) mass is 542 g/mol. The van der Waals surface area contributed by atoms with E-state index in [0.717, 1.165) is 49.5 Å². The van der Waals surface area contributed by atoms with Crippen LogP contribution in [0.2, 0.25) is 0 Å². The Balaban J connectivity index is 1.83. The highest BCUT2D eigenvalue weighted by Crippen LogP contribution is 2.39. The molecule has 1 aliphatic rings. The van der Waals surface area contributed by atoms with Gasteiger partial charge in [0.2, 0.25) is 5.88 Å². The van der Waals surface area contributed by atoms with E-state index in [9.17, 15) is 39.6 Å². The highest BCUT2D eigenvalue weighted by atomic mass is 32.2. The number of hydrogen-bond donors (Lipinski definition) is 0. The molecule has 2 heterocycles. The Kier molecular flexibility index (Phi) is 7.35. The van der Waals surface area contributed by atoms with Gasteiger partial charge in [0, 0.05) is 18.5 Å². The highest BCUT2D eigenvalue weighted by molar-refractivity contribution is 7.90. The highest BCUT2D eigenvalue weighted by Gasteiger charge is 2.41. The first-order valence-corrected chi connectivity index (χ1v) is 12.0. The summed E-state index contributed by atoms with van der Waals surface area (Å²) in [4.78, 5) is 17.5. The van der Waals surface area contributed by atoms with E-state index in [-0.39, 0.29) is 19.0 Å². The van der Waals surface area contributed by atoms with E-state index in [1.807, 2.05) is 0 Å². The second kappa shape index (κ2) is 9.67. The lowest BCUT2D eigenvalue weighted by Crippen LogP contribution is -2.56. The summed E-state index contributed by atoms with van der Waals surface area (Å²) in [5.41, 5.74) is -1.50. The lowest BCUT2D eigenvalue weighted by Gasteiger charge is -2.39. The second-order valence-corrected chi connectivity index (χ2v) is 9.86. The van der Waals surface area contributed by atoms with Gasteiger partial charge in [-0.1, -0.05) is 0 Å². The van der Waals surface area contributed by atoms with Crippen molar-refractivity contribution in [3.05, 3.63) is 41.6 Å². The van der Waals surface area contributed by atoms with Crippen LogP contribution in [0.25, 0.3) is 0 Å². The smallest absolute Gasteiger partial charge is 0.425 e. The third-order valence-electron chi connectivity index (χ3n) is 5.15. The molecule has 1 saturated heterocycles. The molecular weight excluding hydrogens is 522 g/mol. The van der Waals surface area contributed by atoms with Gasteiger partial charge >= 0.3 is 12.4 Å². The lowest BCUT2D eigenvalue weighted by molar-refractivity contribution is -0.189. The predicted octanol–water partition coefficient (Wildman–Crippen LogP) is 3.75. The number of carbonyl (C=O) groups excluding carboxylic acids is 1. The van der Waals surface area contributed by atoms with Crippen molar-refractivity contribution in [1.29, 1.82) is 0 Å². The van der Waals surface area contributed by atoms with Gasteiger partial charge in [0.25, 0.3) is 5.91 Å². The fourth-order valence-corrected chi connectivity index (χ4v) is 4.06. The Bertz CT molecular complexity index is 1230. The van der Waals surface area contributed by atoms with Crippen LogP contribution in [0.5, 0.6) is 17.4 Å². The van der Waals surface area contributed by atoms with E-state index >= 15 is 0 Å². The molecule has 15 heteroatoms. The molecule has 1 amide bonds. The molecule has 198 valence electrons. The molecule has 1 atom stereocenters. The maximum absolute atomic E-state index is 13.2. The molecule has 8 nitrogen and oxygen atoms in total. The number of methoxy groups -OCH3 is 1. The van der Waals surface area contributed by atoms with Crippen molar-refractivity contribution in [1.82, 2.24) is 9.88 Å². The number of nitrogens with zero attached hydrogens (tertiary/aromatic N) is 2. The summed E-state index contributed by atoms with van der Waals surface area (Å²) in [5.74, 6) is -2.03. The standard InChI is InChI=1S/C21H20F6N2O6S/c1-11(20(22,23)24)34-14-5-6-15(36(3,31)32)18(33-2)17(14)19(30)29-9-13(10-29)35-16-7-4-12(8-28-16)21(25,26)27/h4-8,11,13H,9-10H2,1-3H3. The van der Waals surface area contributed by atoms with Crippen molar-refractivity contribution >= 4 is 15.7 Å². The van der Waals surface area contributed by atoms with Crippen LogP contribution in [0.15, 0.2) is 35.4 Å². The summed E-state index contributed by atoms with van der Waals surface area (Å²) < 4.78 is 117. The zero-order chi connectivity index (χ0) is 27.1. The topological polar surface area (TPSA) is 95.0 Å². The van der Waals surface area contributed by atoms with Crippen LogP contribution in [-0.2, 0) is 16.0 Å². The molecule has 1 aliphatic heterocycles. The Morgan fingerprint density at radius 1 is 1.11 bits per heavy atom. The van der Waals surface area contributed by atoms with E-state index in [4.69, 9.17) is 14.2 Å². The minimum atomic E-state index is -4.77. The molecule has 3 rings (SSSR count). The zero-order valence-corrected chi connectivity index (χ0v) is 19.8. The number of amides is 1. The minimum Gasteiger partial charge on any atom is -0.494 e. The van der Waals surface area contributed by atoms with Crippen LogP contribution >= 0.6 is 0 Å². The van der Waals surface area contributed by atoms with Gasteiger partial charge in [-0.15, -0.1) is 0 Å². The number of benzene rings is 1. The lowest BCUT2D eigenvalue weighted by atomic mass is 10.1. The molecule has 0 radical (unpaired) electrons. The molecule has 1 aromatic heterocycles. The number of sulfone groups is 1. The van der Waals surface area contributed by atoms with Gasteiger partial charge in [0.1, 0.15) is 22.3 Å². The summed E-state index contributed by atoms with van der Waals surface area (Å²) in [6.07, 6.45) is -10.9. The third kappa shape index (κ3) is 5.94. The second-order valence-electron chi connectivity index (χ2n) is 7.88. The summed E-state index contributed by atoms with van der Waals surface area (Å²) in [7, 11) is -2.89. The number of aromatic nitrogens is 1. The predicted molar refractivity (Wildman–Crippen MR) is 112 cm³/mol. The Labute approximate surface area is 201 Å². The van der Waals surface area contributed by atoms with Crippen molar-refractivity contribution < 1.29 is 53.8 Å². The molecule has 0 spiro atoms. The summed E-state index contributed by atoms with van der Waals surface area (Å²) in [6.45, 7) is 0.500. The fraction of sp³-hybridized carbons (Fsp3) is 0.429. The number of carbonyl (C=O) groups is 1. The van der Waals surface area contributed by atoms with E-state index in [0.29, 0.717) is 6.20 Å². The number of hydrogen-bond acceptors (Lipinski definition) is 7. The zero-order valence-electron chi connectivity index (χ0n) is 19.0. The molecule has 2 aromatic rings. The van der Waals surface area contributed by atoms with Gasteiger partial charge in [0.15, 0.2) is 21.7 Å². The van der Waals surface area contributed by atoms with Gasteiger partial charge in [-0.3, -0.25) is 4.79 Å². The summed E-state index contributed by atoms with van der Waals surface area (Å²) in [6, 6.07) is 3.70. The first-order valence-electron chi connectivity index (χ1n) is 10.2. The van der Waals surface area contributed by atoms with Crippen molar-refractivity contribution in [2.24, 2.45) is 0 Å². The molecule has 1 aromatic carbocycles. The molecule has 0 aliphatic carbocycles. The van der Waals surface area contributed by atoms with Crippen LogP contribution in [0, 0.1) is 0 Å². The van der Waals surface area contributed by atoms with Gasteiger partial charge in [0.05, 0.1) is 25.8 Å².